The molecular formula is CoF6-3. The van der Waals surface area contributed by atoms with Crippen LogP contribution in [0.2, 0.25) is 0 Å². The predicted molar refractivity (Wildman–Crippen MR) is 6.65 cm³/mol. The Hall–Kier alpha value is 0.0865. The monoisotopic (exact) mass is 173 g/mol. The number of rotatable bonds is 0. The van der Waals surface area contributed by atoms with E-state index in [4.69, 9.17) is 0 Å². The average Bonchev–Trinajstić information content (AvgIpc) is 0.592. The Morgan fingerprint density at radius 2 is 0.571 bits per heavy atom. The van der Waals surface area contributed by atoms with Crippen molar-refractivity contribution in [2.24, 2.45) is 0 Å². The Morgan fingerprint density at radius 1 is 0.571 bits per heavy atom. The summed E-state index contributed by atoms with van der Waals surface area (Å²) in [5.74, 6) is 0. The Balaban J connectivity index is 4.43. The molecule has 7 heteroatoms. The second-order valence-corrected chi connectivity index (χ2v) is 2.95. The van der Waals surface area contributed by atoms with Crippen LogP contribution >= 0.6 is 0 Å². The van der Waals surface area contributed by atoms with E-state index in [9.17, 15) is 21.5 Å². The first-order valence-corrected chi connectivity index (χ1v) is 3.12. The molecule has 0 saturated carbocycles. The van der Waals surface area contributed by atoms with E-state index in [2.05, 4.69) is 0 Å². The van der Waals surface area contributed by atoms with Crippen molar-refractivity contribution in [3.63, 3.8) is 0 Å². The average molecular weight is 173 g/mol. The molecule has 0 heterocycles. The van der Waals surface area contributed by atoms with Gasteiger partial charge in [-0.25, -0.2) is 0 Å². The van der Waals surface area contributed by atoms with Crippen LogP contribution in [0.4, 0.5) is 21.5 Å². The molecule has 0 atom stereocenters. The van der Waals surface area contributed by atoms with Crippen molar-refractivity contribution in [3.8, 4) is 0 Å². The number of halogens is 6. The molecule has 0 bridgehead atoms. The third kappa shape index (κ3) is 13600. The van der Waals surface area contributed by atoms with Crippen LogP contribution in [0.15, 0.2) is 0 Å². The van der Waals surface area contributed by atoms with Gasteiger partial charge in [0, 0.05) is 0 Å². The summed E-state index contributed by atoms with van der Waals surface area (Å²) in [6, 6.07) is 0. The van der Waals surface area contributed by atoms with E-state index in [0.717, 1.165) is 0 Å². The van der Waals surface area contributed by atoms with Gasteiger partial charge < -0.3 is 0 Å². The second-order valence-electron chi connectivity index (χ2n) is 0.714. The van der Waals surface area contributed by atoms with Crippen LogP contribution in [0.5, 0.6) is 0 Å². The van der Waals surface area contributed by atoms with Gasteiger partial charge in [0.25, 0.3) is 0 Å². The molecule has 0 radical (unpaired) electrons. The molecule has 7 heavy (non-hydrogen) atoms. The molecule has 0 saturated heterocycles. The van der Waals surface area contributed by atoms with Crippen molar-refractivity contribution in [2.45, 2.75) is 0 Å². The van der Waals surface area contributed by atoms with E-state index in [0.29, 0.717) is 0 Å². The molecule has 0 aromatic carbocycles. The molecule has 0 amide bonds. The molecule has 0 aromatic heterocycles. The maximum absolute atomic E-state index is 10.6. The van der Waals surface area contributed by atoms with Crippen molar-refractivity contribution in [1.82, 2.24) is 0 Å². The molecule has 0 unspecified atom stereocenters. The Labute approximate surface area is 35.8 Å². The minimum absolute atomic E-state index is 9.86. The summed E-state index contributed by atoms with van der Waals surface area (Å²) >= 11 is -10.6. The van der Waals surface area contributed by atoms with E-state index < -0.39 is 13.2 Å². The van der Waals surface area contributed by atoms with Gasteiger partial charge in [0.1, 0.15) is 0 Å². The van der Waals surface area contributed by atoms with Crippen molar-refractivity contribution < 1.29 is 34.7 Å². The summed E-state index contributed by atoms with van der Waals surface area (Å²) in [7, 11) is 0. The van der Waals surface area contributed by atoms with E-state index in [1.165, 1.54) is 0 Å². The Bertz CT molecular complexity index is 62.7. The van der Waals surface area contributed by atoms with Gasteiger partial charge in [-0.2, -0.15) is 0 Å². The first-order valence-electron chi connectivity index (χ1n) is 0.756. The standard InChI is InChI=1S/Co.6FH/h;6*1H/q+3;;;;;;/p-6. The van der Waals surface area contributed by atoms with Crippen LogP contribution in [0.25, 0.3) is 0 Å². The molecule has 0 aliphatic carbocycles. The summed E-state index contributed by atoms with van der Waals surface area (Å²) in [6.45, 7) is 0. The predicted octanol–water partition coefficient (Wildman–Crippen LogP) is 2.52. The van der Waals surface area contributed by atoms with Crippen LogP contribution in [0, 0.1) is 0 Å². The zero-order valence-electron chi connectivity index (χ0n) is 2.60. The quantitative estimate of drug-likeness (QED) is 0.493. The fourth-order valence-electron chi connectivity index (χ4n) is 0. The molecule has 0 fully saturated rings. The summed E-state index contributed by atoms with van der Waals surface area (Å²) in [5, 5.41) is 0. The van der Waals surface area contributed by atoms with Crippen molar-refractivity contribution in [2.75, 3.05) is 0 Å². The maximum atomic E-state index is 9.86. The Morgan fingerprint density at radius 3 is 0.571 bits per heavy atom. The van der Waals surface area contributed by atoms with Crippen LogP contribution in [0.1, 0.15) is 0 Å². The van der Waals surface area contributed by atoms with Gasteiger partial charge in [0.15, 0.2) is 0 Å². The first-order chi connectivity index (χ1) is 2.45. The van der Waals surface area contributed by atoms with E-state index in [-0.39, 0.29) is 0 Å². The van der Waals surface area contributed by atoms with Crippen LogP contribution in [-0.2, 0) is 13.2 Å². The van der Waals surface area contributed by atoms with Crippen LogP contribution < -0.4 is 0 Å². The molecule has 0 aromatic rings. The molecule has 0 N–H and O–H groups in total. The van der Waals surface area contributed by atoms with Crippen molar-refractivity contribution in [1.29, 1.82) is 0 Å². The summed E-state index contributed by atoms with van der Waals surface area (Å²) in [5.41, 5.74) is 0. The molecule has 0 rings (SSSR count). The van der Waals surface area contributed by atoms with E-state index in [1.54, 1.807) is 0 Å². The normalized spacial score (nSPS) is 23.1. The van der Waals surface area contributed by atoms with Crippen LogP contribution in [0.3, 0.4) is 0 Å². The topological polar surface area (TPSA) is 0 Å². The molecule has 54 valence electrons. The zero-order chi connectivity index (χ0) is 6.41. The van der Waals surface area contributed by atoms with E-state index in [1.807, 2.05) is 0 Å². The third-order valence-electron chi connectivity index (χ3n) is 0. The fourth-order valence-corrected chi connectivity index (χ4v) is 0. The molecular weight excluding hydrogens is 173 g/mol. The van der Waals surface area contributed by atoms with Gasteiger partial charge >= 0.3 is 34.7 Å². The van der Waals surface area contributed by atoms with Gasteiger partial charge in [-0.05, 0) is 0 Å². The van der Waals surface area contributed by atoms with Gasteiger partial charge in [-0.3, -0.25) is 0 Å². The molecule has 0 spiro atoms. The van der Waals surface area contributed by atoms with Gasteiger partial charge in [-0.1, -0.05) is 0 Å². The Kier molecular flexibility index (Phi) is 0.700. The first kappa shape index (κ1) is 7.09. The summed E-state index contributed by atoms with van der Waals surface area (Å²) in [4.78, 5) is 0. The zero-order valence-corrected chi connectivity index (χ0v) is 3.64. The molecule has 0 aliphatic rings. The van der Waals surface area contributed by atoms with Crippen molar-refractivity contribution >= 4 is 0 Å². The SMILES string of the molecule is [F][Co-3]([F])([F])([F])([F])[F]. The summed E-state index contributed by atoms with van der Waals surface area (Å²) in [6.07, 6.45) is 0. The van der Waals surface area contributed by atoms with Gasteiger partial charge in [0.05, 0.1) is 0 Å². The summed E-state index contributed by atoms with van der Waals surface area (Å²) < 4.78 is 59.2. The van der Waals surface area contributed by atoms with Crippen LogP contribution in [-0.4, -0.2) is 0 Å². The second kappa shape index (κ2) is 0.692. The van der Waals surface area contributed by atoms with Gasteiger partial charge in [-0.15, -0.1) is 0 Å². The molecule has 0 aliphatic heterocycles. The minimum atomic E-state index is -10.6. The third-order valence-corrected chi connectivity index (χ3v) is 0. The molecule has 0 nitrogen and oxygen atoms in total. The van der Waals surface area contributed by atoms with Crippen molar-refractivity contribution in [3.05, 3.63) is 0 Å². The number of hydrogen-bond acceptors (Lipinski definition) is 0. The van der Waals surface area contributed by atoms with Gasteiger partial charge in [0.2, 0.25) is 0 Å². The fraction of sp³-hybridized carbons (Fsp3) is 0. The number of hydrogen-bond donors (Lipinski definition) is 0. The van der Waals surface area contributed by atoms with E-state index >= 15 is 0 Å².